The number of carbonyl (C=O) groups is 2. The van der Waals surface area contributed by atoms with Crippen molar-refractivity contribution in [1.82, 2.24) is 5.32 Å². The van der Waals surface area contributed by atoms with Crippen LogP contribution >= 0.6 is 0 Å². The van der Waals surface area contributed by atoms with Crippen LogP contribution < -0.4 is 5.32 Å². The van der Waals surface area contributed by atoms with E-state index in [4.69, 9.17) is 0 Å². The fraction of sp³-hybridized carbons (Fsp3) is 0.833. The molecule has 92 valence electrons. The number of hydrogen-bond acceptors (Lipinski definition) is 3. The van der Waals surface area contributed by atoms with Gasteiger partial charge in [-0.3, -0.25) is 9.59 Å². The number of hydrogen-bond donors (Lipinski definition) is 1. The normalized spacial score (nSPS) is 20.2. The summed E-state index contributed by atoms with van der Waals surface area (Å²) in [6.07, 6.45) is 4.37. The summed E-state index contributed by atoms with van der Waals surface area (Å²) >= 11 is 0. The summed E-state index contributed by atoms with van der Waals surface area (Å²) in [5.74, 6) is -0.217. The molecule has 1 atom stereocenters. The molecule has 0 radical (unpaired) electrons. The monoisotopic (exact) mass is 227 g/mol. The van der Waals surface area contributed by atoms with Gasteiger partial charge in [-0.15, -0.1) is 0 Å². The molecule has 1 aliphatic carbocycles. The average molecular weight is 227 g/mol. The predicted molar refractivity (Wildman–Crippen MR) is 60.8 cm³/mol. The smallest absolute Gasteiger partial charge is 0.307 e. The topological polar surface area (TPSA) is 55.4 Å². The highest BCUT2D eigenvalue weighted by atomic mass is 16.5. The summed E-state index contributed by atoms with van der Waals surface area (Å²) in [7, 11) is 1.36. The first-order chi connectivity index (χ1) is 7.48. The number of nitrogens with one attached hydrogen (secondary N) is 1. The van der Waals surface area contributed by atoms with Crippen LogP contribution in [0.1, 0.15) is 46.0 Å². The van der Waals surface area contributed by atoms with Gasteiger partial charge in [0.15, 0.2) is 0 Å². The first-order valence-corrected chi connectivity index (χ1v) is 5.86. The van der Waals surface area contributed by atoms with Crippen LogP contribution in [-0.4, -0.2) is 25.0 Å². The molecule has 0 aromatic carbocycles. The Kier molecular flexibility index (Phi) is 4.33. The Morgan fingerprint density at radius 3 is 2.44 bits per heavy atom. The summed E-state index contributed by atoms with van der Waals surface area (Å²) in [6.45, 7) is 3.83. The average Bonchev–Trinajstić information content (AvgIpc) is 2.66. The highest BCUT2D eigenvalue weighted by Crippen LogP contribution is 2.37. The van der Waals surface area contributed by atoms with E-state index in [1.807, 2.05) is 13.8 Å². The Morgan fingerprint density at radius 1 is 1.38 bits per heavy atom. The molecule has 0 bridgehead atoms. The molecule has 1 unspecified atom stereocenters. The molecule has 1 N–H and O–H groups in total. The van der Waals surface area contributed by atoms with Gasteiger partial charge in [0.25, 0.3) is 0 Å². The highest BCUT2D eigenvalue weighted by molar-refractivity contribution is 5.83. The molecule has 0 aromatic rings. The molecule has 0 aromatic heterocycles. The summed E-state index contributed by atoms with van der Waals surface area (Å²) in [5.41, 5.74) is -0.232. The van der Waals surface area contributed by atoms with Crippen LogP contribution in [0.5, 0.6) is 0 Å². The van der Waals surface area contributed by atoms with E-state index in [-0.39, 0.29) is 29.8 Å². The van der Waals surface area contributed by atoms with Crippen molar-refractivity contribution in [1.29, 1.82) is 0 Å². The van der Waals surface area contributed by atoms with Gasteiger partial charge in [0.2, 0.25) is 5.91 Å². The third-order valence-electron chi connectivity index (χ3n) is 3.33. The van der Waals surface area contributed by atoms with Gasteiger partial charge in [-0.05, 0) is 19.8 Å². The molecule has 1 rings (SSSR count). The van der Waals surface area contributed by atoms with Crippen LogP contribution in [0.15, 0.2) is 0 Å². The molecular formula is C12H21NO3. The van der Waals surface area contributed by atoms with Gasteiger partial charge in [-0.2, -0.15) is 0 Å². The van der Waals surface area contributed by atoms with Gasteiger partial charge in [-0.25, -0.2) is 0 Å². The maximum Gasteiger partial charge on any atom is 0.307 e. The maximum atomic E-state index is 12.0. The van der Waals surface area contributed by atoms with Gasteiger partial charge in [0, 0.05) is 11.5 Å². The minimum atomic E-state index is -0.288. The minimum Gasteiger partial charge on any atom is -0.469 e. The molecule has 4 heteroatoms. The summed E-state index contributed by atoms with van der Waals surface area (Å²) in [4.78, 5) is 23.0. The van der Waals surface area contributed by atoms with Crippen LogP contribution in [0, 0.1) is 5.41 Å². The lowest BCUT2D eigenvalue weighted by Gasteiger charge is -2.24. The van der Waals surface area contributed by atoms with E-state index in [1.54, 1.807) is 0 Å². The third kappa shape index (κ3) is 3.22. The lowest BCUT2D eigenvalue weighted by molar-refractivity contribution is -0.141. The largest absolute Gasteiger partial charge is 0.469 e. The van der Waals surface area contributed by atoms with E-state index in [0.29, 0.717) is 0 Å². The van der Waals surface area contributed by atoms with Crippen molar-refractivity contribution in [3.63, 3.8) is 0 Å². The Hall–Kier alpha value is -1.06. The first kappa shape index (κ1) is 13.0. The number of rotatable bonds is 4. The second-order valence-corrected chi connectivity index (χ2v) is 4.92. The second-order valence-electron chi connectivity index (χ2n) is 4.92. The van der Waals surface area contributed by atoms with Crippen molar-refractivity contribution in [2.75, 3.05) is 7.11 Å². The van der Waals surface area contributed by atoms with E-state index in [0.717, 1.165) is 25.7 Å². The summed E-state index contributed by atoms with van der Waals surface area (Å²) in [6, 6.07) is -0.155. The second kappa shape index (κ2) is 5.32. The predicted octanol–water partition coefficient (Wildman–Crippen LogP) is 1.63. The Balaban J connectivity index is 2.41. The van der Waals surface area contributed by atoms with Crippen LogP contribution in [0.2, 0.25) is 0 Å². The molecule has 0 saturated heterocycles. The molecule has 4 nitrogen and oxygen atoms in total. The number of ether oxygens (including phenoxy) is 1. The lowest BCUT2D eigenvalue weighted by Crippen LogP contribution is -2.42. The van der Waals surface area contributed by atoms with Crippen LogP contribution in [0.3, 0.4) is 0 Å². The molecule has 1 saturated carbocycles. The van der Waals surface area contributed by atoms with Crippen molar-refractivity contribution in [3.05, 3.63) is 0 Å². The van der Waals surface area contributed by atoms with E-state index in [2.05, 4.69) is 10.1 Å². The van der Waals surface area contributed by atoms with E-state index < -0.39 is 0 Å². The Bertz CT molecular complexity index is 269. The number of carbonyl (C=O) groups excluding carboxylic acids is 2. The maximum absolute atomic E-state index is 12.0. The zero-order valence-electron chi connectivity index (χ0n) is 10.3. The zero-order valence-corrected chi connectivity index (χ0v) is 10.3. The fourth-order valence-electron chi connectivity index (χ4n) is 2.16. The minimum absolute atomic E-state index is 0.0707. The lowest BCUT2D eigenvalue weighted by atomic mass is 9.87. The van der Waals surface area contributed by atoms with Gasteiger partial charge in [0.1, 0.15) is 0 Å². The molecule has 0 heterocycles. The molecule has 1 amide bonds. The Labute approximate surface area is 96.7 Å². The van der Waals surface area contributed by atoms with Crippen LogP contribution in [0.4, 0.5) is 0 Å². The van der Waals surface area contributed by atoms with Crippen LogP contribution in [0.25, 0.3) is 0 Å². The number of methoxy groups -OCH3 is 1. The van der Waals surface area contributed by atoms with Gasteiger partial charge < -0.3 is 10.1 Å². The standard InChI is InChI=1S/C12H21NO3/c1-9(8-10(14)16-3)13-11(15)12(2)6-4-5-7-12/h9H,4-8H2,1-3H3,(H,13,15). The zero-order chi connectivity index (χ0) is 12.2. The number of amides is 1. The van der Waals surface area contributed by atoms with E-state index >= 15 is 0 Å². The fourth-order valence-corrected chi connectivity index (χ4v) is 2.16. The Morgan fingerprint density at radius 2 is 1.94 bits per heavy atom. The van der Waals surface area contributed by atoms with Gasteiger partial charge in [0.05, 0.1) is 13.5 Å². The summed E-state index contributed by atoms with van der Waals surface area (Å²) < 4.78 is 4.56. The van der Waals surface area contributed by atoms with Gasteiger partial charge >= 0.3 is 5.97 Å². The van der Waals surface area contributed by atoms with E-state index in [9.17, 15) is 9.59 Å². The first-order valence-electron chi connectivity index (χ1n) is 5.86. The summed E-state index contributed by atoms with van der Waals surface area (Å²) in [5, 5.41) is 2.89. The van der Waals surface area contributed by atoms with Crippen molar-refractivity contribution >= 4 is 11.9 Å². The molecule has 1 fully saturated rings. The molecule has 0 aliphatic heterocycles. The van der Waals surface area contributed by atoms with Gasteiger partial charge in [-0.1, -0.05) is 19.8 Å². The van der Waals surface area contributed by atoms with E-state index in [1.165, 1.54) is 7.11 Å². The van der Waals surface area contributed by atoms with Crippen molar-refractivity contribution in [2.45, 2.75) is 52.0 Å². The molecular weight excluding hydrogens is 206 g/mol. The number of esters is 1. The van der Waals surface area contributed by atoms with Crippen LogP contribution in [-0.2, 0) is 14.3 Å². The quantitative estimate of drug-likeness (QED) is 0.743. The van der Waals surface area contributed by atoms with Crippen molar-refractivity contribution in [2.24, 2.45) is 5.41 Å². The third-order valence-corrected chi connectivity index (χ3v) is 3.33. The van der Waals surface area contributed by atoms with Crippen molar-refractivity contribution < 1.29 is 14.3 Å². The SMILES string of the molecule is COC(=O)CC(C)NC(=O)C1(C)CCCC1. The van der Waals surface area contributed by atoms with Crippen molar-refractivity contribution in [3.8, 4) is 0 Å². The highest BCUT2D eigenvalue weighted by Gasteiger charge is 2.36. The molecule has 1 aliphatic rings. The molecule has 0 spiro atoms. The molecule has 16 heavy (non-hydrogen) atoms.